The van der Waals surface area contributed by atoms with Gasteiger partial charge in [0.1, 0.15) is 5.82 Å². The van der Waals surface area contributed by atoms with Gasteiger partial charge in [-0.05, 0) is 43.2 Å². The minimum absolute atomic E-state index is 0.0269. The van der Waals surface area contributed by atoms with Crippen molar-refractivity contribution in [1.82, 2.24) is 9.97 Å². The molecule has 0 aliphatic rings. The summed E-state index contributed by atoms with van der Waals surface area (Å²) in [6, 6.07) is 7.07. The molecular weight excluding hydrogens is 266 g/mol. The summed E-state index contributed by atoms with van der Waals surface area (Å²) in [5.74, 6) is -0.350. The molecule has 0 aliphatic heterocycles. The first-order valence-corrected chi connectivity index (χ1v) is 7.01. The van der Waals surface area contributed by atoms with E-state index in [0.717, 1.165) is 24.1 Å². The highest BCUT2D eigenvalue weighted by Crippen LogP contribution is 2.19. The predicted molar refractivity (Wildman–Crippen MR) is 81.5 cm³/mol. The van der Waals surface area contributed by atoms with Crippen molar-refractivity contribution in [2.24, 2.45) is 0 Å². The highest BCUT2D eigenvalue weighted by atomic mass is 16.4. The van der Waals surface area contributed by atoms with Gasteiger partial charge < -0.3 is 10.4 Å². The monoisotopic (exact) mass is 285 g/mol. The average Bonchev–Trinajstić information content (AvgIpc) is 2.48. The molecule has 1 unspecified atom stereocenters. The molecule has 0 saturated carbocycles. The minimum Gasteiger partial charge on any atom is -0.478 e. The number of rotatable bonds is 6. The molecule has 0 aliphatic carbocycles. The SMILES string of the molecule is CCCc1cc(C(=O)O)cc(NC(C)c2ccncc2)n1. The molecule has 0 aromatic carbocycles. The van der Waals surface area contributed by atoms with Crippen LogP contribution in [-0.2, 0) is 6.42 Å². The quantitative estimate of drug-likeness (QED) is 0.851. The summed E-state index contributed by atoms with van der Waals surface area (Å²) >= 11 is 0. The highest BCUT2D eigenvalue weighted by Gasteiger charge is 2.11. The molecule has 0 spiro atoms. The standard InChI is InChI=1S/C16H19N3O2/c1-3-4-14-9-13(16(20)21)10-15(19-14)18-11(2)12-5-7-17-8-6-12/h5-11H,3-4H2,1-2H3,(H,18,19)(H,20,21). The molecular formula is C16H19N3O2. The number of anilines is 1. The zero-order valence-corrected chi connectivity index (χ0v) is 12.2. The van der Waals surface area contributed by atoms with Crippen molar-refractivity contribution in [2.45, 2.75) is 32.7 Å². The van der Waals surface area contributed by atoms with Gasteiger partial charge in [-0.2, -0.15) is 0 Å². The lowest BCUT2D eigenvalue weighted by Crippen LogP contribution is -2.10. The molecule has 0 bridgehead atoms. The zero-order valence-electron chi connectivity index (χ0n) is 12.2. The number of hydrogen-bond donors (Lipinski definition) is 2. The van der Waals surface area contributed by atoms with Crippen LogP contribution in [0.4, 0.5) is 5.82 Å². The largest absolute Gasteiger partial charge is 0.478 e. The maximum absolute atomic E-state index is 11.2. The smallest absolute Gasteiger partial charge is 0.335 e. The van der Waals surface area contributed by atoms with Gasteiger partial charge in [0.15, 0.2) is 0 Å². The summed E-state index contributed by atoms with van der Waals surface area (Å²) in [5.41, 5.74) is 2.13. The summed E-state index contributed by atoms with van der Waals surface area (Å²) in [6.07, 6.45) is 5.16. The van der Waals surface area contributed by atoms with Crippen LogP contribution >= 0.6 is 0 Å². The molecule has 110 valence electrons. The fourth-order valence-corrected chi connectivity index (χ4v) is 2.13. The van der Waals surface area contributed by atoms with Crippen LogP contribution in [0.15, 0.2) is 36.7 Å². The number of aromatic carboxylic acids is 1. The number of hydrogen-bond acceptors (Lipinski definition) is 4. The van der Waals surface area contributed by atoms with E-state index in [2.05, 4.69) is 15.3 Å². The topological polar surface area (TPSA) is 75.1 Å². The van der Waals surface area contributed by atoms with Crippen molar-refractivity contribution in [2.75, 3.05) is 5.32 Å². The van der Waals surface area contributed by atoms with Crippen LogP contribution in [0.1, 0.15) is 47.9 Å². The molecule has 0 radical (unpaired) electrons. The van der Waals surface area contributed by atoms with E-state index in [0.29, 0.717) is 5.82 Å². The van der Waals surface area contributed by atoms with E-state index in [1.807, 2.05) is 26.0 Å². The Labute approximate surface area is 124 Å². The fourth-order valence-electron chi connectivity index (χ4n) is 2.13. The fraction of sp³-hybridized carbons (Fsp3) is 0.312. The Balaban J connectivity index is 2.24. The van der Waals surface area contributed by atoms with Crippen LogP contribution in [0.3, 0.4) is 0 Å². The lowest BCUT2D eigenvalue weighted by atomic mass is 10.1. The van der Waals surface area contributed by atoms with Gasteiger partial charge in [0.05, 0.1) is 11.6 Å². The van der Waals surface area contributed by atoms with Crippen molar-refractivity contribution in [1.29, 1.82) is 0 Å². The molecule has 5 nitrogen and oxygen atoms in total. The van der Waals surface area contributed by atoms with Crippen LogP contribution in [0.5, 0.6) is 0 Å². The second-order valence-corrected chi connectivity index (χ2v) is 4.93. The zero-order chi connectivity index (χ0) is 15.2. The second kappa shape index (κ2) is 6.83. The first kappa shape index (κ1) is 15.0. The maximum Gasteiger partial charge on any atom is 0.335 e. The Bertz CT molecular complexity index is 614. The Morgan fingerprint density at radius 3 is 2.67 bits per heavy atom. The van der Waals surface area contributed by atoms with Crippen molar-refractivity contribution in [3.8, 4) is 0 Å². The Morgan fingerprint density at radius 2 is 2.05 bits per heavy atom. The minimum atomic E-state index is -0.936. The number of carboxylic acid groups (broad SMARTS) is 1. The lowest BCUT2D eigenvalue weighted by Gasteiger charge is -2.16. The van der Waals surface area contributed by atoms with E-state index in [-0.39, 0.29) is 11.6 Å². The van der Waals surface area contributed by atoms with Crippen LogP contribution in [-0.4, -0.2) is 21.0 Å². The van der Waals surface area contributed by atoms with E-state index in [9.17, 15) is 9.90 Å². The van der Waals surface area contributed by atoms with E-state index >= 15 is 0 Å². The number of nitrogens with zero attached hydrogens (tertiary/aromatic N) is 2. The normalized spacial score (nSPS) is 11.9. The Hall–Kier alpha value is -2.43. The van der Waals surface area contributed by atoms with Crippen LogP contribution < -0.4 is 5.32 Å². The number of aromatic nitrogens is 2. The van der Waals surface area contributed by atoms with Gasteiger partial charge in [0.25, 0.3) is 0 Å². The molecule has 2 heterocycles. The molecule has 2 N–H and O–H groups in total. The molecule has 0 amide bonds. The van der Waals surface area contributed by atoms with Gasteiger partial charge in [0, 0.05) is 18.1 Å². The Morgan fingerprint density at radius 1 is 1.33 bits per heavy atom. The predicted octanol–water partition coefficient (Wildman–Crippen LogP) is 3.30. The molecule has 0 saturated heterocycles. The molecule has 2 aromatic heterocycles. The highest BCUT2D eigenvalue weighted by molar-refractivity contribution is 5.88. The van der Waals surface area contributed by atoms with E-state index in [1.54, 1.807) is 24.5 Å². The third-order valence-electron chi connectivity index (χ3n) is 3.20. The van der Waals surface area contributed by atoms with E-state index in [4.69, 9.17) is 0 Å². The van der Waals surface area contributed by atoms with Gasteiger partial charge in [-0.25, -0.2) is 9.78 Å². The van der Waals surface area contributed by atoms with Gasteiger partial charge in [-0.1, -0.05) is 13.3 Å². The number of nitrogens with one attached hydrogen (secondary N) is 1. The van der Waals surface area contributed by atoms with Gasteiger partial charge in [0.2, 0.25) is 0 Å². The van der Waals surface area contributed by atoms with E-state index < -0.39 is 5.97 Å². The number of carboxylic acids is 1. The summed E-state index contributed by atoms with van der Waals surface area (Å²) < 4.78 is 0. The maximum atomic E-state index is 11.2. The summed E-state index contributed by atoms with van der Waals surface area (Å²) in [7, 11) is 0. The number of pyridine rings is 2. The molecule has 2 aromatic rings. The summed E-state index contributed by atoms with van der Waals surface area (Å²) in [4.78, 5) is 19.7. The second-order valence-electron chi connectivity index (χ2n) is 4.93. The van der Waals surface area contributed by atoms with Gasteiger partial charge in [-0.3, -0.25) is 4.98 Å². The van der Waals surface area contributed by atoms with Gasteiger partial charge in [-0.15, -0.1) is 0 Å². The summed E-state index contributed by atoms with van der Waals surface area (Å²) in [5, 5.41) is 12.4. The van der Waals surface area contributed by atoms with Crippen molar-refractivity contribution < 1.29 is 9.90 Å². The molecule has 21 heavy (non-hydrogen) atoms. The first-order valence-electron chi connectivity index (χ1n) is 7.01. The third-order valence-corrected chi connectivity index (χ3v) is 3.20. The van der Waals surface area contributed by atoms with Crippen LogP contribution in [0.25, 0.3) is 0 Å². The Kier molecular flexibility index (Phi) is 4.87. The molecule has 5 heteroatoms. The molecule has 1 atom stereocenters. The summed E-state index contributed by atoms with van der Waals surface area (Å²) in [6.45, 7) is 4.05. The third kappa shape index (κ3) is 4.02. The van der Waals surface area contributed by atoms with Gasteiger partial charge >= 0.3 is 5.97 Å². The first-order chi connectivity index (χ1) is 10.1. The van der Waals surface area contributed by atoms with Crippen LogP contribution in [0.2, 0.25) is 0 Å². The number of carbonyl (C=O) groups is 1. The van der Waals surface area contributed by atoms with Crippen LogP contribution in [0, 0.1) is 0 Å². The van der Waals surface area contributed by atoms with Crippen molar-refractivity contribution in [3.05, 3.63) is 53.5 Å². The number of aryl methyl sites for hydroxylation is 1. The van der Waals surface area contributed by atoms with E-state index in [1.165, 1.54) is 0 Å². The molecule has 0 fully saturated rings. The van der Waals surface area contributed by atoms with Crippen molar-refractivity contribution in [3.63, 3.8) is 0 Å². The van der Waals surface area contributed by atoms with Crippen molar-refractivity contribution >= 4 is 11.8 Å². The molecule has 2 rings (SSSR count). The average molecular weight is 285 g/mol. The lowest BCUT2D eigenvalue weighted by molar-refractivity contribution is 0.0696.